The summed E-state index contributed by atoms with van der Waals surface area (Å²) in [6, 6.07) is 0.531. The van der Waals surface area contributed by atoms with Crippen LogP contribution in [0.1, 0.15) is 33.1 Å². The summed E-state index contributed by atoms with van der Waals surface area (Å²) in [5.74, 6) is 0.624. The lowest BCUT2D eigenvalue weighted by atomic mass is 9.84. The van der Waals surface area contributed by atoms with Gasteiger partial charge >= 0.3 is 0 Å². The molecule has 0 aromatic heterocycles. The van der Waals surface area contributed by atoms with E-state index in [0.717, 1.165) is 13.2 Å². The largest absolute Gasteiger partial charge is 0.362 e. The van der Waals surface area contributed by atoms with Crippen LogP contribution in [0.25, 0.3) is 0 Å². The lowest BCUT2D eigenvalue weighted by Gasteiger charge is -2.30. The molecular formula is C10H22N2O. The van der Waals surface area contributed by atoms with Crippen LogP contribution >= 0.6 is 0 Å². The second-order valence-electron chi connectivity index (χ2n) is 4.14. The summed E-state index contributed by atoms with van der Waals surface area (Å²) in [6.07, 6.45) is 3.80. The van der Waals surface area contributed by atoms with E-state index in [1.165, 1.54) is 19.3 Å². The minimum absolute atomic E-state index is 0.0253. The van der Waals surface area contributed by atoms with Crippen molar-refractivity contribution < 1.29 is 4.74 Å². The van der Waals surface area contributed by atoms with E-state index in [1.54, 1.807) is 0 Å². The molecule has 3 nitrogen and oxygen atoms in total. The van der Waals surface area contributed by atoms with Crippen molar-refractivity contribution in [3.8, 4) is 0 Å². The fourth-order valence-electron chi connectivity index (χ4n) is 1.45. The Hall–Kier alpha value is -0.120. The highest BCUT2D eigenvalue weighted by molar-refractivity contribution is 4.74. The van der Waals surface area contributed by atoms with Gasteiger partial charge in [-0.2, -0.15) is 0 Å². The van der Waals surface area contributed by atoms with E-state index in [-0.39, 0.29) is 6.23 Å². The first-order valence-electron chi connectivity index (χ1n) is 5.30. The molecule has 0 aromatic rings. The molecule has 1 unspecified atom stereocenters. The van der Waals surface area contributed by atoms with Gasteiger partial charge in [-0.25, -0.2) is 0 Å². The van der Waals surface area contributed by atoms with E-state index < -0.39 is 0 Å². The van der Waals surface area contributed by atoms with E-state index in [9.17, 15) is 0 Å². The molecule has 0 bridgehead atoms. The number of hydrogen-bond acceptors (Lipinski definition) is 3. The molecule has 3 N–H and O–H groups in total. The molecule has 78 valence electrons. The van der Waals surface area contributed by atoms with Gasteiger partial charge < -0.3 is 15.8 Å². The fourth-order valence-corrected chi connectivity index (χ4v) is 1.45. The molecule has 0 heterocycles. The van der Waals surface area contributed by atoms with Crippen LogP contribution in [0.3, 0.4) is 0 Å². The molecule has 13 heavy (non-hydrogen) atoms. The Kier molecular flexibility index (Phi) is 4.70. The number of hydrogen-bond donors (Lipinski definition) is 2. The van der Waals surface area contributed by atoms with Gasteiger partial charge in [-0.15, -0.1) is 0 Å². The number of nitrogens with two attached hydrogens (primary N) is 1. The van der Waals surface area contributed by atoms with Crippen molar-refractivity contribution in [1.82, 2.24) is 5.32 Å². The van der Waals surface area contributed by atoms with Crippen LogP contribution in [0.4, 0.5) is 0 Å². The Balaban J connectivity index is 1.92. The molecule has 0 radical (unpaired) electrons. The predicted octanol–water partition coefficient (Wildman–Crippen LogP) is 1.09. The standard InChI is InChI=1S/C10H22N2O/c1-8(2)12-6-7-13-10(11)9-4-3-5-9/h8-10,12H,3-7,11H2,1-2H3. The van der Waals surface area contributed by atoms with Gasteiger partial charge in [-0.05, 0) is 18.8 Å². The molecule has 1 fully saturated rings. The minimum Gasteiger partial charge on any atom is -0.362 e. The lowest BCUT2D eigenvalue weighted by Crippen LogP contribution is -2.39. The van der Waals surface area contributed by atoms with E-state index in [2.05, 4.69) is 19.2 Å². The molecule has 3 heteroatoms. The molecule has 1 rings (SSSR count). The van der Waals surface area contributed by atoms with E-state index >= 15 is 0 Å². The highest BCUT2D eigenvalue weighted by Crippen LogP contribution is 2.28. The third kappa shape index (κ3) is 4.07. The van der Waals surface area contributed by atoms with Crippen molar-refractivity contribution in [3.63, 3.8) is 0 Å². The van der Waals surface area contributed by atoms with Crippen LogP contribution in [0.2, 0.25) is 0 Å². The molecular weight excluding hydrogens is 164 g/mol. The summed E-state index contributed by atoms with van der Waals surface area (Å²) in [7, 11) is 0. The molecule has 1 atom stereocenters. The van der Waals surface area contributed by atoms with E-state index in [4.69, 9.17) is 10.5 Å². The maximum absolute atomic E-state index is 5.85. The summed E-state index contributed by atoms with van der Waals surface area (Å²) in [5.41, 5.74) is 5.85. The first kappa shape index (κ1) is 11.0. The Labute approximate surface area is 81.0 Å². The second-order valence-corrected chi connectivity index (χ2v) is 4.14. The van der Waals surface area contributed by atoms with Gasteiger partial charge in [0, 0.05) is 12.6 Å². The zero-order chi connectivity index (χ0) is 9.68. The third-order valence-electron chi connectivity index (χ3n) is 2.58. The molecule has 1 saturated carbocycles. The Morgan fingerprint density at radius 2 is 2.15 bits per heavy atom. The van der Waals surface area contributed by atoms with Gasteiger partial charge in [-0.1, -0.05) is 20.3 Å². The summed E-state index contributed by atoms with van der Waals surface area (Å²) < 4.78 is 5.51. The molecule has 0 saturated heterocycles. The van der Waals surface area contributed by atoms with Crippen LogP contribution in [-0.4, -0.2) is 25.4 Å². The topological polar surface area (TPSA) is 47.3 Å². The van der Waals surface area contributed by atoms with Gasteiger partial charge in [0.25, 0.3) is 0 Å². The summed E-state index contributed by atoms with van der Waals surface area (Å²) in [6.45, 7) is 5.89. The van der Waals surface area contributed by atoms with Crippen molar-refractivity contribution in [2.45, 2.75) is 45.4 Å². The first-order valence-corrected chi connectivity index (χ1v) is 5.30. The van der Waals surface area contributed by atoms with Crippen LogP contribution in [0.5, 0.6) is 0 Å². The molecule has 0 amide bonds. The van der Waals surface area contributed by atoms with Crippen LogP contribution in [0, 0.1) is 5.92 Å². The van der Waals surface area contributed by atoms with E-state index in [1.807, 2.05) is 0 Å². The van der Waals surface area contributed by atoms with Gasteiger partial charge in [0.15, 0.2) is 0 Å². The monoisotopic (exact) mass is 186 g/mol. The predicted molar refractivity (Wildman–Crippen MR) is 54.4 cm³/mol. The van der Waals surface area contributed by atoms with Crippen LogP contribution in [-0.2, 0) is 4.74 Å². The molecule has 0 aliphatic heterocycles. The summed E-state index contributed by atoms with van der Waals surface area (Å²) in [4.78, 5) is 0. The normalized spacial score (nSPS) is 20.3. The molecule has 1 aliphatic carbocycles. The number of ether oxygens (including phenoxy) is 1. The Bertz CT molecular complexity index is 135. The number of rotatable bonds is 6. The van der Waals surface area contributed by atoms with Gasteiger partial charge in [0.2, 0.25) is 0 Å². The maximum Gasteiger partial charge on any atom is 0.108 e. The minimum atomic E-state index is -0.0253. The maximum atomic E-state index is 5.85. The summed E-state index contributed by atoms with van der Waals surface area (Å²) in [5, 5.41) is 3.30. The third-order valence-corrected chi connectivity index (χ3v) is 2.58. The lowest BCUT2D eigenvalue weighted by molar-refractivity contribution is -0.00816. The fraction of sp³-hybridized carbons (Fsp3) is 1.00. The van der Waals surface area contributed by atoms with Crippen LogP contribution in [0.15, 0.2) is 0 Å². The zero-order valence-electron chi connectivity index (χ0n) is 8.75. The quantitative estimate of drug-likeness (QED) is 0.482. The average Bonchev–Trinajstić information content (AvgIpc) is 1.94. The van der Waals surface area contributed by atoms with Crippen molar-refractivity contribution >= 4 is 0 Å². The highest BCUT2D eigenvalue weighted by atomic mass is 16.5. The Morgan fingerprint density at radius 1 is 1.46 bits per heavy atom. The van der Waals surface area contributed by atoms with Gasteiger partial charge in [0.1, 0.15) is 6.23 Å². The van der Waals surface area contributed by atoms with Gasteiger partial charge in [-0.3, -0.25) is 0 Å². The first-order chi connectivity index (χ1) is 6.20. The Morgan fingerprint density at radius 3 is 2.62 bits per heavy atom. The SMILES string of the molecule is CC(C)NCCOC(N)C1CCC1. The van der Waals surface area contributed by atoms with Crippen molar-refractivity contribution in [2.75, 3.05) is 13.2 Å². The number of nitrogens with one attached hydrogen (secondary N) is 1. The molecule has 0 aromatic carbocycles. The molecule has 1 aliphatic rings. The average molecular weight is 186 g/mol. The zero-order valence-corrected chi connectivity index (χ0v) is 8.75. The van der Waals surface area contributed by atoms with Crippen molar-refractivity contribution in [1.29, 1.82) is 0 Å². The molecule has 0 spiro atoms. The van der Waals surface area contributed by atoms with E-state index in [0.29, 0.717) is 12.0 Å². The summed E-state index contributed by atoms with van der Waals surface area (Å²) >= 11 is 0. The van der Waals surface area contributed by atoms with Crippen molar-refractivity contribution in [2.24, 2.45) is 11.7 Å². The highest BCUT2D eigenvalue weighted by Gasteiger charge is 2.24. The second kappa shape index (κ2) is 5.58. The smallest absolute Gasteiger partial charge is 0.108 e. The van der Waals surface area contributed by atoms with Gasteiger partial charge in [0.05, 0.1) is 6.61 Å². The van der Waals surface area contributed by atoms with Crippen molar-refractivity contribution in [3.05, 3.63) is 0 Å². The van der Waals surface area contributed by atoms with Crippen LogP contribution < -0.4 is 11.1 Å².